The SMILES string of the molecule is CCc1ccc(C2/C(=C(/O)c3ccc4ccccc4c3)C(=O)C(=O)N2c2ccc(NC(C)=O)cc2)cc1. The highest BCUT2D eigenvalue weighted by Gasteiger charge is 2.47. The van der Waals surface area contributed by atoms with Crippen molar-refractivity contribution in [3.05, 3.63) is 113 Å². The van der Waals surface area contributed by atoms with Gasteiger partial charge in [0.15, 0.2) is 0 Å². The zero-order chi connectivity index (χ0) is 26.1. The van der Waals surface area contributed by atoms with Gasteiger partial charge < -0.3 is 10.4 Å². The molecule has 0 bridgehead atoms. The van der Waals surface area contributed by atoms with E-state index >= 15 is 0 Å². The van der Waals surface area contributed by atoms with Crippen molar-refractivity contribution >= 4 is 45.5 Å². The summed E-state index contributed by atoms with van der Waals surface area (Å²) in [4.78, 5) is 39.6. The molecule has 0 aliphatic carbocycles. The van der Waals surface area contributed by atoms with Crippen molar-refractivity contribution in [3.8, 4) is 0 Å². The summed E-state index contributed by atoms with van der Waals surface area (Å²) in [6.45, 7) is 3.47. The van der Waals surface area contributed by atoms with Crippen molar-refractivity contribution in [2.45, 2.75) is 26.3 Å². The first-order chi connectivity index (χ1) is 17.9. The Morgan fingerprint density at radius 1 is 0.892 bits per heavy atom. The molecule has 184 valence electrons. The maximum atomic E-state index is 13.4. The van der Waals surface area contributed by atoms with Crippen molar-refractivity contribution in [2.24, 2.45) is 0 Å². The summed E-state index contributed by atoms with van der Waals surface area (Å²) in [5.41, 5.74) is 3.40. The van der Waals surface area contributed by atoms with Crippen LogP contribution in [0.3, 0.4) is 0 Å². The lowest BCUT2D eigenvalue weighted by Gasteiger charge is -2.26. The van der Waals surface area contributed by atoms with Crippen LogP contribution in [0, 0.1) is 0 Å². The molecule has 5 rings (SSSR count). The molecule has 0 radical (unpaired) electrons. The van der Waals surface area contributed by atoms with Crippen LogP contribution in [-0.2, 0) is 20.8 Å². The number of nitrogens with one attached hydrogen (secondary N) is 1. The fourth-order valence-corrected chi connectivity index (χ4v) is 4.75. The average molecular weight is 491 g/mol. The van der Waals surface area contributed by atoms with Gasteiger partial charge in [-0.2, -0.15) is 0 Å². The van der Waals surface area contributed by atoms with Crippen LogP contribution in [0.1, 0.15) is 36.6 Å². The first kappa shape index (κ1) is 24.0. The molecule has 1 saturated heterocycles. The number of aliphatic hydroxyl groups is 1. The minimum atomic E-state index is -0.816. The van der Waals surface area contributed by atoms with Crippen molar-refractivity contribution in [3.63, 3.8) is 0 Å². The second-order valence-electron chi connectivity index (χ2n) is 9.05. The van der Waals surface area contributed by atoms with Crippen LogP contribution in [0.5, 0.6) is 0 Å². The molecule has 1 aliphatic heterocycles. The van der Waals surface area contributed by atoms with Gasteiger partial charge in [0, 0.05) is 23.9 Å². The summed E-state index contributed by atoms with van der Waals surface area (Å²) >= 11 is 0. The number of amides is 2. The number of Topliss-reactive ketones (excluding diaryl/α,β-unsaturated/α-hetero) is 1. The molecule has 1 unspecified atom stereocenters. The molecule has 1 heterocycles. The topological polar surface area (TPSA) is 86.7 Å². The van der Waals surface area contributed by atoms with Crippen molar-refractivity contribution in [1.29, 1.82) is 0 Å². The summed E-state index contributed by atoms with van der Waals surface area (Å²) in [7, 11) is 0. The number of benzene rings is 4. The highest BCUT2D eigenvalue weighted by atomic mass is 16.3. The van der Waals surface area contributed by atoms with Gasteiger partial charge in [0.1, 0.15) is 5.76 Å². The Bertz CT molecular complexity index is 1550. The standard InChI is InChI=1S/C31H26N2O4/c1-3-20-8-10-22(11-9-20)28-27(29(35)24-13-12-21-6-4-5-7-23(21)18-24)30(36)31(37)33(28)26-16-14-25(15-17-26)32-19(2)34/h4-18,28,35H,3H2,1-2H3,(H,32,34)/b29-27-. The molecule has 2 amide bonds. The highest BCUT2D eigenvalue weighted by molar-refractivity contribution is 6.51. The number of fused-ring (bicyclic) bond motifs is 1. The van der Waals surface area contributed by atoms with Crippen molar-refractivity contribution < 1.29 is 19.5 Å². The normalized spacial score (nSPS) is 16.8. The zero-order valence-corrected chi connectivity index (χ0v) is 20.6. The van der Waals surface area contributed by atoms with Crippen LogP contribution in [0.4, 0.5) is 11.4 Å². The molecule has 2 N–H and O–H groups in total. The number of aliphatic hydroxyl groups excluding tert-OH is 1. The third kappa shape index (κ3) is 4.49. The number of ketones is 1. The fraction of sp³-hybridized carbons (Fsp3) is 0.129. The predicted molar refractivity (Wildman–Crippen MR) is 145 cm³/mol. The molecule has 4 aromatic rings. The maximum Gasteiger partial charge on any atom is 0.300 e. The van der Waals surface area contributed by atoms with Crippen LogP contribution in [-0.4, -0.2) is 22.7 Å². The Hall–Kier alpha value is -4.71. The van der Waals surface area contributed by atoms with Gasteiger partial charge in [-0.15, -0.1) is 0 Å². The first-order valence-electron chi connectivity index (χ1n) is 12.1. The number of nitrogens with zero attached hydrogens (tertiary/aromatic N) is 1. The van der Waals surface area contributed by atoms with E-state index < -0.39 is 17.7 Å². The van der Waals surface area contributed by atoms with E-state index in [1.165, 1.54) is 11.8 Å². The quantitative estimate of drug-likeness (QED) is 0.204. The van der Waals surface area contributed by atoms with E-state index in [1.54, 1.807) is 30.3 Å². The van der Waals surface area contributed by atoms with Gasteiger partial charge >= 0.3 is 0 Å². The summed E-state index contributed by atoms with van der Waals surface area (Å²) < 4.78 is 0. The lowest BCUT2D eigenvalue weighted by atomic mass is 9.93. The summed E-state index contributed by atoms with van der Waals surface area (Å²) in [5, 5.41) is 16.1. The van der Waals surface area contributed by atoms with Gasteiger partial charge in [-0.25, -0.2) is 0 Å². The van der Waals surface area contributed by atoms with Gasteiger partial charge in [-0.1, -0.05) is 67.6 Å². The van der Waals surface area contributed by atoms with E-state index in [0.29, 0.717) is 22.5 Å². The number of rotatable bonds is 5. The second kappa shape index (κ2) is 9.74. The monoisotopic (exact) mass is 490 g/mol. The number of carbonyl (C=O) groups excluding carboxylic acids is 3. The Balaban J connectivity index is 1.66. The molecule has 37 heavy (non-hydrogen) atoms. The van der Waals surface area contributed by atoms with Crippen LogP contribution < -0.4 is 10.2 Å². The smallest absolute Gasteiger partial charge is 0.300 e. The third-order valence-electron chi connectivity index (χ3n) is 6.64. The lowest BCUT2D eigenvalue weighted by Crippen LogP contribution is -2.29. The summed E-state index contributed by atoms with van der Waals surface area (Å²) in [6.07, 6.45) is 0.849. The van der Waals surface area contributed by atoms with Crippen molar-refractivity contribution in [1.82, 2.24) is 0 Å². The molecule has 6 heteroatoms. The number of aryl methyl sites for hydroxylation is 1. The minimum absolute atomic E-state index is 0.0375. The maximum absolute atomic E-state index is 13.4. The van der Waals surface area contributed by atoms with Crippen LogP contribution in [0.25, 0.3) is 16.5 Å². The predicted octanol–water partition coefficient (Wildman–Crippen LogP) is 5.99. The Morgan fingerprint density at radius 2 is 1.57 bits per heavy atom. The van der Waals surface area contributed by atoms with Crippen LogP contribution in [0.15, 0.2) is 96.6 Å². The molecule has 6 nitrogen and oxygen atoms in total. The summed E-state index contributed by atoms with van der Waals surface area (Å²) in [5.74, 6) is -1.90. The number of hydrogen-bond acceptors (Lipinski definition) is 4. The van der Waals surface area contributed by atoms with Gasteiger partial charge in [-0.05, 0) is 58.7 Å². The molecule has 0 saturated carbocycles. The first-order valence-corrected chi connectivity index (χ1v) is 12.1. The van der Waals surface area contributed by atoms with Gasteiger partial charge in [0.25, 0.3) is 11.7 Å². The molecule has 1 aliphatic rings. The average Bonchev–Trinajstić information content (AvgIpc) is 3.18. The highest BCUT2D eigenvalue weighted by Crippen LogP contribution is 2.42. The fourth-order valence-electron chi connectivity index (χ4n) is 4.75. The largest absolute Gasteiger partial charge is 0.507 e. The van der Waals surface area contributed by atoms with E-state index in [4.69, 9.17) is 0 Å². The number of anilines is 2. The van der Waals surface area contributed by atoms with E-state index in [0.717, 1.165) is 22.8 Å². The zero-order valence-electron chi connectivity index (χ0n) is 20.6. The molecule has 1 fully saturated rings. The van der Waals surface area contributed by atoms with E-state index in [1.807, 2.05) is 60.7 Å². The van der Waals surface area contributed by atoms with Crippen LogP contribution >= 0.6 is 0 Å². The summed E-state index contributed by atoms with van der Waals surface area (Å²) in [6, 6.07) is 26.8. The van der Waals surface area contributed by atoms with Gasteiger partial charge in [0.2, 0.25) is 5.91 Å². The number of carbonyl (C=O) groups is 3. The Kier molecular flexibility index (Phi) is 6.32. The second-order valence-corrected chi connectivity index (χ2v) is 9.05. The van der Waals surface area contributed by atoms with E-state index in [2.05, 4.69) is 12.2 Å². The van der Waals surface area contributed by atoms with Gasteiger partial charge in [0.05, 0.1) is 11.6 Å². The molecule has 4 aromatic carbocycles. The minimum Gasteiger partial charge on any atom is -0.507 e. The number of hydrogen-bond donors (Lipinski definition) is 2. The lowest BCUT2D eigenvalue weighted by molar-refractivity contribution is -0.132. The van der Waals surface area contributed by atoms with Crippen LogP contribution in [0.2, 0.25) is 0 Å². The van der Waals surface area contributed by atoms with E-state index in [9.17, 15) is 19.5 Å². The van der Waals surface area contributed by atoms with Crippen molar-refractivity contribution in [2.75, 3.05) is 10.2 Å². The third-order valence-corrected chi connectivity index (χ3v) is 6.64. The molecule has 0 spiro atoms. The Morgan fingerprint density at radius 3 is 2.22 bits per heavy atom. The molecule has 1 atom stereocenters. The molecular formula is C31H26N2O4. The van der Waals surface area contributed by atoms with E-state index in [-0.39, 0.29) is 17.2 Å². The molecular weight excluding hydrogens is 464 g/mol. The Labute approximate surface area is 214 Å². The molecule has 0 aromatic heterocycles. The van der Waals surface area contributed by atoms with Gasteiger partial charge in [-0.3, -0.25) is 19.3 Å².